The van der Waals surface area contributed by atoms with Gasteiger partial charge in [0, 0.05) is 12.4 Å². The van der Waals surface area contributed by atoms with Gasteiger partial charge >= 0.3 is 0 Å². The van der Waals surface area contributed by atoms with E-state index in [4.69, 9.17) is 20.0 Å². The van der Waals surface area contributed by atoms with Gasteiger partial charge in [-0.3, -0.25) is 20.0 Å². The molecule has 0 spiro atoms. The molecule has 0 N–H and O–H groups in total. The molecular weight excluding hydrogens is 468 g/mol. The Labute approximate surface area is 223 Å². The molecule has 6 nitrogen and oxygen atoms in total. The van der Waals surface area contributed by atoms with Gasteiger partial charge in [-0.15, -0.1) is 0 Å². The summed E-state index contributed by atoms with van der Waals surface area (Å²) in [5, 5.41) is 0. The van der Waals surface area contributed by atoms with Crippen LogP contribution >= 0.6 is 0 Å². The van der Waals surface area contributed by atoms with Crippen LogP contribution < -0.4 is 0 Å². The summed E-state index contributed by atoms with van der Waals surface area (Å²) in [5.74, 6) is 0. The monoisotopic (exact) mass is 496 g/mol. The van der Waals surface area contributed by atoms with E-state index in [9.17, 15) is 0 Å². The van der Waals surface area contributed by atoms with Gasteiger partial charge in [0.1, 0.15) is 0 Å². The molecule has 0 aliphatic rings. The fourth-order valence-corrected chi connectivity index (χ4v) is 4.28. The highest BCUT2D eigenvalue weighted by Crippen LogP contribution is 2.37. The van der Waals surface area contributed by atoms with Gasteiger partial charge in [0.15, 0.2) is 0 Å². The lowest BCUT2D eigenvalue weighted by Gasteiger charge is -2.15. The van der Waals surface area contributed by atoms with Crippen LogP contribution in [0.2, 0.25) is 0 Å². The Kier molecular flexibility index (Phi) is 7.22. The first-order valence-corrected chi connectivity index (χ1v) is 12.5. The largest absolute Gasteiger partial charge is 0.255 e. The third kappa shape index (κ3) is 5.30. The number of nitrogens with zero attached hydrogens (tertiary/aromatic N) is 6. The third-order valence-electron chi connectivity index (χ3n) is 6.59. The van der Waals surface area contributed by atoms with E-state index in [-0.39, 0.29) is 0 Å². The molecule has 0 aliphatic carbocycles. The van der Waals surface area contributed by atoms with Crippen LogP contribution in [0.25, 0.3) is 22.8 Å². The summed E-state index contributed by atoms with van der Waals surface area (Å²) in [6.45, 7) is 8.35. The van der Waals surface area contributed by atoms with Crippen molar-refractivity contribution < 1.29 is 0 Å². The molecular formula is C32H28N6. The standard InChI is InChI=1S/C32H28N6/c1-21-22(2)32(36-20-26-12-10-16-30(38-26)28-14-6-8-18-34-28)24(4)23(3)31(21)35-19-25-11-9-15-29(37-25)27-13-5-7-17-33-27/h5-20H,1-4H3. The molecule has 1 aromatic carbocycles. The van der Waals surface area contributed by atoms with Crippen LogP contribution in [0.5, 0.6) is 0 Å². The van der Waals surface area contributed by atoms with Crippen LogP contribution in [-0.2, 0) is 0 Å². The second-order valence-electron chi connectivity index (χ2n) is 9.04. The molecule has 4 aromatic heterocycles. The Morgan fingerprint density at radius 3 is 1.24 bits per heavy atom. The molecule has 0 aliphatic heterocycles. The Balaban J connectivity index is 1.43. The van der Waals surface area contributed by atoms with Crippen molar-refractivity contribution >= 4 is 23.8 Å². The van der Waals surface area contributed by atoms with Crippen molar-refractivity contribution in [2.75, 3.05) is 0 Å². The summed E-state index contributed by atoms with van der Waals surface area (Å²) in [5.41, 5.74) is 11.1. The number of aromatic nitrogens is 4. The zero-order chi connectivity index (χ0) is 26.5. The van der Waals surface area contributed by atoms with Crippen LogP contribution in [0.3, 0.4) is 0 Å². The Hall–Kier alpha value is -4.84. The van der Waals surface area contributed by atoms with Gasteiger partial charge in [0.25, 0.3) is 0 Å². The summed E-state index contributed by atoms with van der Waals surface area (Å²) >= 11 is 0. The average Bonchev–Trinajstić information content (AvgIpc) is 2.97. The topological polar surface area (TPSA) is 76.3 Å². The minimum Gasteiger partial charge on any atom is -0.255 e. The number of aliphatic imine (C=N–C) groups is 2. The van der Waals surface area contributed by atoms with Crippen molar-refractivity contribution in [1.82, 2.24) is 19.9 Å². The molecule has 38 heavy (non-hydrogen) atoms. The van der Waals surface area contributed by atoms with E-state index in [0.29, 0.717) is 0 Å². The lowest BCUT2D eigenvalue weighted by atomic mass is 9.96. The fourth-order valence-electron chi connectivity index (χ4n) is 4.28. The number of hydrogen-bond donors (Lipinski definition) is 0. The number of rotatable bonds is 6. The highest BCUT2D eigenvalue weighted by Gasteiger charge is 2.14. The molecule has 0 atom stereocenters. The minimum absolute atomic E-state index is 0.781. The first-order valence-electron chi connectivity index (χ1n) is 12.5. The smallest absolute Gasteiger partial charge is 0.0894 e. The van der Waals surface area contributed by atoms with Crippen LogP contribution in [0, 0.1) is 27.7 Å². The molecule has 0 radical (unpaired) electrons. The Morgan fingerprint density at radius 2 is 0.868 bits per heavy atom. The first kappa shape index (κ1) is 24.8. The molecule has 0 fully saturated rings. The Bertz CT molecular complexity index is 1490. The zero-order valence-electron chi connectivity index (χ0n) is 21.9. The average molecular weight is 497 g/mol. The normalized spacial score (nSPS) is 11.5. The predicted octanol–water partition coefficient (Wildman–Crippen LogP) is 7.34. The third-order valence-corrected chi connectivity index (χ3v) is 6.59. The van der Waals surface area contributed by atoms with Crippen molar-refractivity contribution in [3.05, 3.63) is 119 Å². The Morgan fingerprint density at radius 1 is 0.474 bits per heavy atom. The highest BCUT2D eigenvalue weighted by atomic mass is 14.8. The molecule has 0 unspecified atom stereocenters. The number of pyridine rings is 4. The quantitative estimate of drug-likeness (QED) is 0.231. The second kappa shape index (κ2) is 11.0. The maximum absolute atomic E-state index is 4.86. The summed E-state index contributed by atoms with van der Waals surface area (Å²) < 4.78 is 0. The van der Waals surface area contributed by atoms with Crippen molar-refractivity contribution in [2.45, 2.75) is 27.7 Å². The van der Waals surface area contributed by atoms with E-state index in [1.807, 2.05) is 85.2 Å². The zero-order valence-corrected chi connectivity index (χ0v) is 21.9. The molecule has 0 saturated heterocycles. The maximum atomic E-state index is 4.86. The van der Waals surface area contributed by atoms with Gasteiger partial charge < -0.3 is 0 Å². The molecule has 5 rings (SSSR count). The summed E-state index contributed by atoms with van der Waals surface area (Å²) in [6.07, 6.45) is 7.17. The lowest BCUT2D eigenvalue weighted by molar-refractivity contribution is 1.20. The summed E-state index contributed by atoms with van der Waals surface area (Å²) in [7, 11) is 0. The van der Waals surface area contributed by atoms with Crippen LogP contribution in [0.1, 0.15) is 33.6 Å². The predicted molar refractivity (Wildman–Crippen MR) is 155 cm³/mol. The van der Waals surface area contributed by atoms with E-state index in [2.05, 4.69) is 37.7 Å². The highest BCUT2D eigenvalue weighted by molar-refractivity contribution is 5.85. The van der Waals surface area contributed by atoms with Crippen molar-refractivity contribution in [3.8, 4) is 22.8 Å². The van der Waals surface area contributed by atoms with Gasteiger partial charge in [-0.1, -0.05) is 24.3 Å². The molecule has 0 saturated carbocycles. The fraction of sp³-hybridized carbons (Fsp3) is 0.125. The first-order chi connectivity index (χ1) is 18.5. The van der Waals surface area contributed by atoms with Crippen molar-refractivity contribution in [2.24, 2.45) is 9.98 Å². The van der Waals surface area contributed by atoms with Gasteiger partial charge in [-0.05, 0) is 98.5 Å². The number of benzene rings is 1. The van der Waals surface area contributed by atoms with Gasteiger partial charge in [-0.25, -0.2) is 9.97 Å². The molecule has 186 valence electrons. The lowest BCUT2D eigenvalue weighted by Crippen LogP contribution is -1.96. The van der Waals surface area contributed by atoms with Gasteiger partial charge in [0.05, 0.1) is 58.0 Å². The minimum atomic E-state index is 0.781. The van der Waals surface area contributed by atoms with E-state index in [1.165, 1.54) is 0 Å². The van der Waals surface area contributed by atoms with Gasteiger partial charge in [0.2, 0.25) is 0 Å². The van der Waals surface area contributed by atoms with Crippen LogP contribution in [0.4, 0.5) is 11.4 Å². The molecule has 0 amide bonds. The van der Waals surface area contributed by atoms with Crippen LogP contribution in [-0.4, -0.2) is 32.4 Å². The number of hydrogen-bond acceptors (Lipinski definition) is 6. The molecule has 6 heteroatoms. The van der Waals surface area contributed by atoms with E-state index < -0.39 is 0 Å². The van der Waals surface area contributed by atoms with Crippen molar-refractivity contribution in [3.63, 3.8) is 0 Å². The van der Waals surface area contributed by atoms with E-state index >= 15 is 0 Å². The van der Waals surface area contributed by atoms with Crippen LogP contribution in [0.15, 0.2) is 95.2 Å². The second-order valence-corrected chi connectivity index (χ2v) is 9.04. The molecule has 0 bridgehead atoms. The molecule has 4 heterocycles. The van der Waals surface area contributed by atoms with Gasteiger partial charge in [-0.2, -0.15) is 0 Å². The SMILES string of the molecule is Cc1c(C)c(N=Cc2cccc(-c3ccccn3)n2)c(C)c(C)c1N=Cc1cccc(-c2ccccn2)n1. The molecule has 5 aromatic rings. The van der Waals surface area contributed by atoms with E-state index in [0.717, 1.165) is 67.8 Å². The van der Waals surface area contributed by atoms with E-state index in [1.54, 1.807) is 12.4 Å². The van der Waals surface area contributed by atoms with Crippen molar-refractivity contribution in [1.29, 1.82) is 0 Å². The maximum Gasteiger partial charge on any atom is 0.0894 e. The summed E-state index contributed by atoms with van der Waals surface area (Å²) in [6, 6.07) is 23.4. The summed E-state index contributed by atoms with van der Waals surface area (Å²) in [4.78, 5) is 28.0.